The van der Waals surface area contributed by atoms with E-state index in [0.717, 1.165) is 19.6 Å². The second-order valence-corrected chi connectivity index (χ2v) is 4.50. The first-order valence-corrected chi connectivity index (χ1v) is 5.69. The SMILES string of the molecule is CCC(N)C(C)N1CC(C)OCC1C. The quantitative estimate of drug-likeness (QED) is 0.744. The summed E-state index contributed by atoms with van der Waals surface area (Å²) in [5.74, 6) is 0. The molecule has 0 spiro atoms. The highest BCUT2D eigenvalue weighted by Gasteiger charge is 2.29. The molecule has 1 saturated heterocycles. The Morgan fingerprint density at radius 1 is 1.50 bits per heavy atom. The minimum absolute atomic E-state index is 0.280. The molecule has 1 fully saturated rings. The fourth-order valence-electron chi connectivity index (χ4n) is 2.08. The number of hydrogen-bond acceptors (Lipinski definition) is 3. The van der Waals surface area contributed by atoms with Gasteiger partial charge in [0.05, 0.1) is 12.7 Å². The van der Waals surface area contributed by atoms with Gasteiger partial charge in [0.15, 0.2) is 0 Å². The molecule has 0 aromatic rings. The van der Waals surface area contributed by atoms with E-state index in [1.54, 1.807) is 0 Å². The maximum Gasteiger partial charge on any atom is 0.0674 e. The van der Waals surface area contributed by atoms with Crippen molar-refractivity contribution in [2.75, 3.05) is 13.2 Å². The van der Waals surface area contributed by atoms with E-state index >= 15 is 0 Å². The van der Waals surface area contributed by atoms with E-state index in [9.17, 15) is 0 Å². The summed E-state index contributed by atoms with van der Waals surface area (Å²) in [7, 11) is 0. The minimum Gasteiger partial charge on any atom is -0.376 e. The van der Waals surface area contributed by atoms with Crippen LogP contribution in [0.5, 0.6) is 0 Å². The van der Waals surface area contributed by atoms with Crippen LogP contribution in [0.15, 0.2) is 0 Å². The third-order valence-electron chi connectivity index (χ3n) is 3.27. The number of nitrogens with two attached hydrogens (primary N) is 1. The normalized spacial score (nSPS) is 34.1. The van der Waals surface area contributed by atoms with Crippen molar-refractivity contribution in [1.82, 2.24) is 4.90 Å². The van der Waals surface area contributed by atoms with Gasteiger partial charge in [-0.05, 0) is 27.2 Å². The Morgan fingerprint density at radius 2 is 2.14 bits per heavy atom. The van der Waals surface area contributed by atoms with Crippen molar-refractivity contribution < 1.29 is 4.74 Å². The van der Waals surface area contributed by atoms with E-state index < -0.39 is 0 Å². The molecule has 0 aliphatic carbocycles. The van der Waals surface area contributed by atoms with E-state index in [0.29, 0.717) is 18.2 Å². The maximum atomic E-state index is 6.07. The molecule has 14 heavy (non-hydrogen) atoms. The van der Waals surface area contributed by atoms with Crippen LogP contribution in [0.25, 0.3) is 0 Å². The fourth-order valence-corrected chi connectivity index (χ4v) is 2.08. The number of ether oxygens (including phenoxy) is 1. The number of nitrogens with zero attached hydrogens (tertiary/aromatic N) is 1. The number of rotatable bonds is 3. The van der Waals surface area contributed by atoms with Crippen LogP contribution < -0.4 is 5.73 Å². The highest BCUT2D eigenvalue weighted by Crippen LogP contribution is 2.16. The van der Waals surface area contributed by atoms with Gasteiger partial charge in [0.2, 0.25) is 0 Å². The first kappa shape index (κ1) is 12.0. The molecule has 4 atom stereocenters. The van der Waals surface area contributed by atoms with Gasteiger partial charge in [-0.2, -0.15) is 0 Å². The van der Waals surface area contributed by atoms with Crippen molar-refractivity contribution in [1.29, 1.82) is 0 Å². The van der Waals surface area contributed by atoms with E-state index in [1.807, 2.05) is 0 Å². The molecule has 0 bridgehead atoms. The first-order valence-electron chi connectivity index (χ1n) is 5.69. The van der Waals surface area contributed by atoms with Crippen molar-refractivity contribution in [3.8, 4) is 0 Å². The zero-order valence-corrected chi connectivity index (χ0v) is 9.86. The molecule has 3 nitrogen and oxygen atoms in total. The molecule has 4 unspecified atom stereocenters. The third kappa shape index (κ3) is 2.69. The first-order chi connectivity index (χ1) is 6.56. The largest absolute Gasteiger partial charge is 0.376 e. The van der Waals surface area contributed by atoms with Gasteiger partial charge in [-0.3, -0.25) is 4.90 Å². The minimum atomic E-state index is 0.280. The fraction of sp³-hybridized carbons (Fsp3) is 1.00. The van der Waals surface area contributed by atoms with Gasteiger partial charge in [0, 0.05) is 24.7 Å². The molecule has 1 aliphatic heterocycles. The summed E-state index contributed by atoms with van der Waals surface area (Å²) in [5, 5.41) is 0. The topological polar surface area (TPSA) is 38.5 Å². The summed E-state index contributed by atoms with van der Waals surface area (Å²) in [6.07, 6.45) is 1.39. The monoisotopic (exact) mass is 200 g/mol. The molecule has 0 aromatic heterocycles. The Morgan fingerprint density at radius 3 is 2.71 bits per heavy atom. The number of morpholine rings is 1. The van der Waals surface area contributed by atoms with Gasteiger partial charge in [-0.25, -0.2) is 0 Å². The standard InChI is InChI=1S/C11H24N2O/c1-5-11(12)10(4)13-6-9(3)14-7-8(13)2/h8-11H,5-7,12H2,1-4H3. The van der Waals surface area contributed by atoms with Crippen LogP contribution in [0.2, 0.25) is 0 Å². The zero-order chi connectivity index (χ0) is 10.7. The third-order valence-corrected chi connectivity index (χ3v) is 3.27. The summed E-state index contributed by atoms with van der Waals surface area (Å²) < 4.78 is 5.60. The van der Waals surface area contributed by atoms with Crippen LogP contribution in [-0.4, -0.2) is 42.3 Å². The Balaban J connectivity index is 2.55. The molecule has 0 radical (unpaired) electrons. The summed E-state index contributed by atoms with van der Waals surface area (Å²) in [5.41, 5.74) is 6.07. The highest BCUT2D eigenvalue weighted by atomic mass is 16.5. The van der Waals surface area contributed by atoms with Crippen molar-refractivity contribution in [2.45, 2.75) is 58.3 Å². The molecule has 2 N–H and O–H groups in total. The highest BCUT2D eigenvalue weighted by molar-refractivity contribution is 4.84. The summed E-state index contributed by atoms with van der Waals surface area (Å²) in [4.78, 5) is 2.47. The van der Waals surface area contributed by atoms with Crippen LogP contribution in [0.4, 0.5) is 0 Å². The van der Waals surface area contributed by atoms with Crippen LogP contribution in [0, 0.1) is 0 Å². The van der Waals surface area contributed by atoms with Crippen LogP contribution >= 0.6 is 0 Å². The second kappa shape index (κ2) is 5.10. The van der Waals surface area contributed by atoms with Crippen molar-refractivity contribution >= 4 is 0 Å². The van der Waals surface area contributed by atoms with E-state index in [1.165, 1.54) is 0 Å². The summed E-state index contributed by atoms with van der Waals surface area (Å²) >= 11 is 0. The lowest BCUT2D eigenvalue weighted by atomic mass is 10.0. The molecule has 1 rings (SSSR count). The van der Waals surface area contributed by atoms with E-state index in [4.69, 9.17) is 10.5 Å². The lowest BCUT2D eigenvalue weighted by Gasteiger charge is -2.42. The maximum absolute atomic E-state index is 6.07. The predicted octanol–water partition coefficient (Wildman–Crippen LogP) is 1.22. The molecule has 84 valence electrons. The van der Waals surface area contributed by atoms with E-state index in [-0.39, 0.29) is 6.04 Å². The van der Waals surface area contributed by atoms with Crippen LogP contribution in [0.1, 0.15) is 34.1 Å². The molecule has 1 aliphatic rings. The lowest BCUT2D eigenvalue weighted by molar-refractivity contribution is -0.0667. The molecule has 0 amide bonds. The summed E-state index contributed by atoms with van der Waals surface area (Å²) in [6.45, 7) is 10.6. The molecule has 0 aromatic carbocycles. The average molecular weight is 200 g/mol. The Kier molecular flexibility index (Phi) is 4.35. The zero-order valence-electron chi connectivity index (χ0n) is 9.86. The van der Waals surface area contributed by atoms with Crippen molar-refractivity contribution in [2.24, 2.45) is 5.73 Å². The smallest absolute Gasteiger partial charge is 0.0674 e. The van der Waals surface area contributed by atoms with E-state index in [2.05, 4.69) is 32.6 Å². The van der Waals surface area contributed by atoms with Crippen LogP contribution in [0.3, 0.4) is 0 Å². The molecular formula is C11H24N2O. The molecule has 1 heterocycles. The Bertz CT molecular complexity index is 175. The van der Waals surface area contributed by atoms with Gasteiger partial charge in [0.1, 0.15) is 0 Å². The van der Waals surface area contributed by atoms with Gasteiger partial charge >= 0.3 is 0 Å². The predicted molar refractivity (Wildman–Crippen MR) is 59.3 cm³/mol. The summed E-state index contributed by atoms with van der Waals surface area (Å²) in [6, 6.07) is 1.24. The Labute approximate surface area is 87.6 Å². The van der Waals surface area contributed by atoms with Crippen LogP contribution in [-0.2, 0) is 4.74 Å². The lowest BCUT2D eigenvalue weighted by Crippen LogP contribution is -2.56. The van der Waals surface area contributed by atoms with Gasteiger partial charge in [-0.1, -0.05) is 6.92 Å². The van der Waals surface area contributed by atoms with Gasteiger partial charge in [0.25, 0.3) is 0 Å². The van der Waals surface area contributed by atoms with Gasteiger partial charge in [-0.15, -0.1) is 0 Å². The number of hydrogen-bond donors (Lipinski definition) is 1. The Hall–Kier alpha value is -0.120. The molecule has 3 heteroatoms. The molecular weight excluding hydrogens is 176 g/mol. The van der Waals surface area contributed by atoms with Gasteiger partial charge < -0.3 is 10.5 Å². The molecule has 0 saturated carbocycles. The van der Waals surface area contributed by atoms with Crippen molar-refractivity contribution in [3.63, 3.8) is 0 Å². The second-order valence-electron chi connectivity index (χ2n) is 4.50. The van der Waals surface area contributed by atoms with Crippen molar-refractivity contribution in [3.05, 3.63) is 0 Å². The average Bonchev–Trinajstić information content (AvgIpc) is 2.19.